The number of hydrogen-bond donors (Lipinski definition) is 4. The summed E-state index contributed by atoms with van der Waals surface area (Å²) in [5.74, 6) is 9.08. The minimum Gasteiger partial charge on any atom is -0.275 e. The van der Waals surface area contributed by atoms with Crippen LogP contribution < -0.4 is 22.5 Å². The summed E-state index contributed by atoms with van der Waals surface area (Å²) in [6.07, 6.45) is 3.50. The molecule has 6 heteroatoms. The van der Waals surface area contributed by atoms with Gasteiger partial charge in [-0.25, -0.2) is 16.5 Å². The van der Waals surface area contributed by atoms with Crippen molar-refractivity contribution in [3.05, 3.63) is 30.6 Å². The Hall–Kier alpha value is -1.66. The summed E-state index contributed by atoms with van der Waals surface area (Å²) < 4.78 is 0. The van der Waals surface area contributed by atoms with Gasteiger partial charge < -0.3 is 0 Å². The van der Waals surface area contributed by atoms with Crippen LogP contribution in [0.4, 0.5) is 4.79 Å². The van der Waals surface area contributed by atoms with Crippen LogP contribution in [-0.4, -0.2) is 11.0 Å². The molecule has 6 N–H and O–H groups in total. The molecule has 0 unspecified atom stereocenters. The predicted octanol–water partition coefficient (Wildman–Crippen LogP) is -0.885. The van der Waals surface area contributed by atoms with Crippen LogP contribution in [0.5, 0.6) is 0 Å². The van der Waals surface area contributed by atoms with Crippen LogP contribution in [0.15, 0.2) is 30.6 Å². The van der Waals surface area contributed by atoms with Gasteiger partial charge in [-0.1, -0.05) is 6.07 Å². The zero-order chi connectivity index (χ0) is 9.23. The van der Waals surface area contributed by atoms with E-state index >= 15 is 0 Å². The van der Waals surface area contributed by atoms with E-state index in [-0.39, 0.29) is 0 Å². The number of nitrogens with zero attached hydrogens (tertiary/aromatic N) is 1. The topological polar surface area (TPSA) is 106 Å². The average molecular weight is 169 g/mol. The summed E-state index contributed by atoms with van der Waals surface area (Å²) in [4.78, 5) is 13.5. The highest BCUT2D eigenvalue weighted by molar-refractivity contribution is 5.72. The zero-order valence-electron chi connectivity index (χ0n) is 6.40. The van der Waals surface area contributed by atoms with Gasteiger partial charge in [0.25, 0.3) is 0 Å². The molecule has 0 aromatic carbocycles. The van der Waals surface area contributed by atoms with E-state index in [2.05, 4.69) is 16.7 Å². The maximum absolute atomic E-state index is 9.71. The number of pyridine rings is 1. The van der Waals surface area contributed by atoms with Gasteiger partial charge in [0.2, 0.25) is 0 Å². The SMILES string of the molecule is NNC(=O)NN.c1ccncc1. The first-order valence-electron chi connectivity index (χ1n) is 3.13. The van der Waals surface area contributed by atoms with Crippen LogP contribution in [0.1, 0.15) is 0 Å². The summed E-state index contributed by atoms with van der Waals surface area (Å²) in [6, 6.07) is 5.11. The minimum absolute atomic E-state index is 0.602. The van der Waals surface area contributed by atoms with Crippen molar-refractivity contribution in [2.24, 2.45) is 11.7 Å². The number of amides is 2. The molecule has 0 atom stereocenters. The fourth-order valence-corrected chi connectivity index (χ4v) is 0.354. The van der Waals surface area contributed by atoms with E-state index in [4.69, 9.17) is 0 Å². The standard InChI is InChI=1S/C5H5N.CH6N4O/c1-2-4-6-5-3-1;2-4-1(6)5-3/h1-5H;2-3H2,(H2,4,5,6). The molecule has 0 fully saturated rings. The Morgan fingerprint density at radius 3 is 1.67 bits per heavy atom. The van der Waals surface area contributed by atoms with Crippen LogP contribution in [-0.2, 0) is 0 Å². The monoisotopic (exact) mass is 169 g/mol. The summed E-state index contributed by atoms with van der Waals surface area (Å²) in [5.41, 5.74) is 3.48. The molecule has 2 amide bonds. The molecule has 1 aromatic heterocycles. The molecule has 12 heavy (non-hydrogen) atoms. The van der Waals surface area contributed by atoms with Crippen molar-refractivity contribution < 1.29 is 4.79 Å². The van der Waals surface area contributed by atoms with Crippen molar-refractivity contribution in [3.8, 4) is 0 Å². The lowest BCUT2D eigenvalue weighted by atomic mass is 10.5. The molecule has 1 aromatic rings. The van der Waals surface area contributed by atoms with E-state index in [0.717, 1.165) is 0 Å². The molecule has 66 valence electrons. The molecular formula is C6H11N5O. The first-order valence-corrected chi connectivity index (χ1v) is 3.13. The number of urea groups is 1. The third-order valence-electron chi connectivity index (χ3n) is 0.829. The third-order valence-corrected chi connectivity index (χ3v) is 0.829. The van der Waals surface area contributed by atoms with Crippen LogP contribution in [0.2, 0.25) is 0 Å². The summed E-state index contributed by atoms with van der Waals surface area (Å²) in [6.45, 7) is 0. The third kappa shape index (κ3) is 6.46. The molecule has 0 aliphatic heterocycles. The maximum atomic E-state index is 9.71. The zero-order valence-corrected chi connectivity index (χ0v) is 6.40. The van der Waals surface area contributed by atoms with E-state index in [1.54, 1.807) is 23.2 Å². The van der Waals surface area contributed by atoms with Crippen molar-refractivity contribution in [2.45, 2.75) is 0 Å². The Morgan fingerprint density at radius 1 is 1.08 bits per heavy atom. The van der Waals surface area contributed by atoms with Crippen molar-refractivity contribution >= 4 is 6.03 Å². The molecule has 0 spiro atoms. The van der Waals surface area contributed by atoms with Crippen molar-refractivity contribution in [1.29, 1.82) is 0 Å². The van der Waals surface area contributed by atoms with E-state index in [1.807, 2.05) is 18.2 Å². The second kappa shape index (κ2) is 7.45. The first-order chi connectivity index (χ1) is 5.81. The van der Waals surface area contributed by atoms with Crippen molar-refractivity contribution in [1.82, 2.24) is 15.8 Å². The Balaban J connectivity index is 0.000000202. The smallest absolute Gasteiger partial charge is 0.275 e. The van der Waals surface area contributed by atoms with Gasteiger partial charge in [-0.05, 0) is 12.1 Å². The van der Waals surface area contributed by atoms with Gasteiger partial charge in [0.15, 0.2) is 0 Å². The van der Waals surface area contributed by atoms with Crippen LogP contribution in [0.25, 0.3) is 0 Å². The Kier molecular flexibility index (Phi) is 6.42. The number of carbonyl (C=O) groups excluding carboxylic acids is 1. The lowest BCUT2D eigenvalue weighted by Crippen LogP contribution is -2.43. The van der Waals surface area contributed by atoms with E-state index in [1.165, 1.54) is 0 Å². The van der Waals surface area contributed by atoms with Crippen molar-refractivity contribution in [3.63, 3.8) is 0 Å². The van der Waals surface area contributed by atoms with E-state index in [0.29, 0.717) is 0 Å². The second-order valence-corrected chi connectivity index (χ2v) is 1.64. The molecule has 0 bridgehead atoms. The molecule has 1 heterocycles. The molecular weight excluding hydrogens is 158 g/mol. The number of carbonyl (C=O) groups is 1. The highest BCUT2D eigenvalue weighted by Gasteiger charge is 1.83. The quantitative estimate of drug-likeness (QED) is 0.230. The van der Waals surface area contributed by atoms with Gasteiger partial charge in [0.05, 0.1) is 0 Å². The number of nitrogens with one attached hydrogen (secondary N) is 2. The Morgan fingerprint density at radius 2 is 1.58 bits per heavy atom. The lowest BCUT2D eigenvalue weighted by molar-refractivity contribution is 0.241. The van der Waals surface area contributed by atoms with Crippen LogP contribution >= 0.6 is 0 Å². The fourth-order valence-electron chi connectivity index (χ4n) is 0.354. The van der Waals surface area contributed by atoms with Crippen LogP contribution in [0.3, 0.4) is 0 Å². The number of nitrogens with two attached hydrogens (primary N) is 2. The summed E-state index contributed by atoms with van der Waals surface area (Å²) >= 11 is 0. The van der Waals surface area contributed by atoms with Gasteiger partial charge >= 0.3 is 6.03 Å². The van der Waals surface area contributed by atoms with E-state index < -0.39 is 6.03 Å². The summed E-state index contributed by atoms with van der Waals surface area (Å²) in [7, 11) is 0. The highest BCUT2D eigenvalue weighted by Crippen LogP contribution is 1.73. The lowest BCUT2D eigenvalue weighted by Gasteiger charge is -1.90. The second-order valence-electron chi connectivity index (χ2n) is 1.64. The highest BCUT2D eigenvalue weighted by atomic mass is 16.2. The number of rotatable bonds is 0. The van der Waals surface area contributed by atoms with Gasteiger partial charge in [-0.2, -0.15) is 0 Å². The normalized spacial score (nSPS) is 7.50. The molecule has 0 saturated heterocycles. The molecule has 0 aliphatic carbocycles. The number of hydrazine groups is 2. The largest absolute Gasteiger partial charge is 0.343 e. The van der Waals surface area contributed by atoms with Gasteiger partial charge in [0.1, 0.15) is 0 Å². The van der Waals surface area contributed by atoms with E-state index in [9.17, 15) is 4.79 Å². The Labute approximate surface area is 69.9 Å². The fraction of sp³-hybridized carbons (Fsp3) is 0. The molecule has 6 nitrogen and oxygen atoms in total. The summed E-state index contributed by atoms with van der Waals surface area (Å²) in [5, 5.41) is 0. The molecule has 0 aliphatic rings. The van der Waals surface area contributed by atoms with Crippen molar-refractivity contribution in [2.75, 3.05) is 0 Å². The number of aromatic nitrogens is 1. The van der Waals surface area contributed by atoms with Crippen LogP contribution in [0, 0.1) is 0 Å². The minimum atomic E-state index is -0.602. The Bertz CT molecular complexity index is 170. The van der Waals surface area contributed by atoms with Gasteiger partial charge in [-0.15, -0.1) is 0 Å². The number of hydrogen-bond acceptors (Lipinski definition) is 4. The maximum Gasteiger partial charge on any atom is 0.343 e. The molecule has 1 rings (SSSR count). The van der Waals surface area contributed by atoms with Gasteiger partial charge in [-0.3, -0.25) is 15.8 Å². The van der Waals surface area contributed by atoms with Gasteiger partial charge in [0, 0.05) is 12.4 Å². The average Bonchev–Trinajstić information content (AvgIpc) is 2.20. The predicted molar refractivity (Wildman–Crippen MR) is 44.3 cm³/mol. The molecule has 0 saturated carbocycles. The first kappa shape index (κ1) is 10.3. The molecule has 0 radical (unpaired) electrons.